The number of anilines is 2. The van der Waals surface area contributed by atoms with Crippen molar-refractivity contribution in [2.75, 3.05) is 11.4 Å². The molecule has 2 aromatic carbocycles. The highest BCUT2D eigenvalue weighted by Crippen LogP contribution is 2.29. The molecule has 0 amide bonds. The standard InChI is InChI=1S/C18H24N2/c1-3-16(19)14-15-10-8-9-13-18(15)20(4-2)17-11-6-5-7-12-17/h5-13,16H,3-4,14,19H2,1-2H3. The number of benzene rings is 2. The Labute approximate surface area is 122 Å². The smallest absolute Gasteiger partial charge is 0.0443 e. The topological polar surface area (TPSA) is 29.3 Å². The Kier molecular flexibility index (Phi) is 5.19. The van der Waals surface area contributed by atoms with E-state index in [2.05, 4.69) is 73.3 Å². The number of para-hydroxylation sites is 2. The third kappa shape index (κ3) is 3.40. The molecule has 0 saturated carbocycles. The second-order valence-electron chi connectivity index (χ2n) is 5.08. The summed E-state index contributed by atoms with van der Waals surface area (Å²) >= 11 is 0. The summed E-state index contributed by atoms with van der Waals surface area (Å²) < 4.78 is 0. The van der Waals surface area contributed by atoms with E-state index in [1.165, 1.54) is 16.9 Å². The molecule has 106 valence electrons. The van der Waals surface area contributed by atoms with Gasteiger partial charge in [-0.2, -0.15) is 0 Å². The Morgan fingerprint density at radius 2 is 1.60 bits per heavy atom. The van der Waals surface area contributed by atoms with Gasteiger partial charge in [0.05, 0.1) is 0 Å². The quantitative estimate of drug-likeness (QED) is 0.853. The molecule has 0 aliphatic carbocycles. The van der Waals surface area contributed by atoms with Crippen LogP contribution in [0.5, 0.6) is 0 Å². The van der Waals surface area contributed by atoms with Crippen molar-refractivity contribution in [3.05, 3.63) is 60.2 Å². The van der Waals surface area contributed by atoms with Gasteiger partial charge in [0.15, 0.2) is 0 Å². The lowest BCUT2D eigenvalue weighted by atomic mass is 10.0. The summed E-state index contributed by atoms with van der Waals surface area (Å²) in [6.07, 6.45) is 1.93. The van der Waals surface area contributed by atoms with Crippen LogP contribution < -0.4 is 10.6 Å². The van der Waals surface area contributed by atoms with Crippen LogP contribution in [0.15, 0.2) is 54.6 Å². The molecule has 0 aliphatic rings. The van der Waals surface area contributed by atoms with Gasteiger partial charge in [0.1, 0.15) is 0 Å². The number of hydrogen-bond donors (Lipinski definition) is 1. The normalized spacial score (nSPS) is 12.2. The van der Waals surface area contributed by atoms with E-state index >= 15 is 0 Å². The van der Waals surface area contributed by atoms with Gasteiger partial charge in [-0.25, -0.2) is 0 Å². The van der Waals surface area contributed by atoms with E-state index in [1.807, 2.05) is 0 Å². The fourth-order valence-corrected chi connectivity index (χ4v) is 2.47. The molecule has 0 saturated heterocycles. The molecule has 1 atom stereocenters. The second-order valence-corrected chi connectivity index (χ2v) is 5.08. The van der Waals surface area contributed by atoms with Gasteiger partial charge in [-0.3, -0.25) is 0 Å². The molecule has 1 unspecified atom stereocenters. The lowest BCUT2D eigenvalue weighted by Crippen LogP contribution is -2.24. The van der Waals surface area contributed by atoms with Crippen LogP contribution in [0.3, 0.4) is 0 Å². The average Bonchev–Trinajstić information content (AvgIpc) is 2.50. The van der Waals surface area contributed by atoms with Crippen LogP contribution in [0.25, 0.3) is 0 Å². The SMILES string of the molecule is CCC(N)Cc1ccccc1N(CC)c1ccccc1. The van der Waals surface area contributed by atoms with E-state index in [4.69, 9.17) is 5.73 Å². The first-order valence-corrected chi connectivity index (χ1v) is 7.42. The molecule has 0 heterocycles. The molecule has 0 bridgehead atoms. The largest absolute Gasteiger partial charge is 0.342 e. The zero-order valence-electron chi connectivity index (χ0n) is 12.4. The minimum atomic E-state index is 0.227. The van der Waals surface area contributed by atoms with Gasteiger partial charge in [-0.1, -0.05) is 43.3 Å². The fourth-order valence-electron chi connectivity index (χ4n) is 2.47. The van der Waals surface area contributed by atoms with Crippen molar-refractivity contribution in [1.29, 1.82) is 0 Å². The van der Waals surface area contributed by atoms with E-state index in [0.29, 0.717) is 0 Å². The maximum atomic E-state index is 6.14. The molecule has 20 heavy (non-hydrogen) atoms. The van der Waals surface area contributed by atoms with Crippen LogP contribution in [0.1, 0.15) is 25.8 Å². The van der Waals surface area contributed by atoms with Crippen molar-refractivity contribution >= 4 is 11.4 Å². The molecule has 0 spiro atoms. The maximum Gasteiger partial charge on any atom is 0.0443 e. The van der Waals surface area contributed by atoms with E-state index < -0.39 is 0 Å². The van der Waals surface area contributed by atoms with Gasteiger partial charge in [-0.15, -0.1) is 0 Å². The van der Waals surface area contributed by atoms with Gasteiger partial charge < -0.3 is 10.6 Å². The fraction of sp³-hybridized carbons (Fsp3) is 0.333. The van der Waals surface area contributed by atoms with Gasteiger partial charge in [0.2, 0.25) is 0 Å². The van der Waals surface area contributed by atoms with Crippen LogP contribution >= 0.6 is 0 Å². The number of nitrogens with two attached hydrogens (primary N) is 1. The number of hydrogen-bond acceptors (Lipinski definition) is 2. The van der Waals surface area contributed by atoms with Crippen LogP contribution in [0.4, 0.5) is 11.4 Å². The highest BCUT2D eigenvalue weighted by Gasteiger charge is 2.12. The minimum absolute atomic E-state index is 0.227. The van der Waals surface area contributed by atoms with E-state index in [-0.39, 0.29) is 6.04 Å². The van der Waals surface area contributed by atoms with E-state index in [1.54, 1.807) is 0 Å². The summed E-state index contributed by atoms with van der Waals surface area (Å²) in [5.41, 5.74) is 9.96. The molecular formula is C18H24N2. The van der Waals surface area contributed by atoms with E-state index in [0.717, 1.165) is 19.4 Å². The third-order valence-corrected chi connectivity index (χ3v) is 3.67. The van der Waals surface area contributed by atoms with Crippen LogP contribution in [0, 0.1) is 0 Å². The maximum absolute atomic E-state index is 6.14. The van der Waals surface area contributed by atoms with Crippen molar-refractivity contribution < 1.29 is 0 Å². The first-order chi connectivity index (χ1) is 9.76. The number of rotatable bonds is 6. The molecule has 2 heteroatoms. The molecule has 0 radical (unpaired) electrons. The van der Waals surface area contributed by atoms with Crippen LogP contribution in [-0.4, -0.2) is 12.6 Å². The summed E-state index contributed by atoms with van der Waals surface area (Å²) in [7, 11) is 0. The molecule has 2 nitrogen and oxygen atoms in total. The summed E-state index contributed by atoms with van der Waals surface area (Å²) in [4.78, 5) is 2.34. The molecule has 0 aromatic heterocycles. The zero-order chi connectivity index (χ0) is 14.4. The zero-order valence-corrected chi connectivity index (χ0v) is 12.4. The molecule has 2 N–H and O–H groups in total. The lowest BCUT2D eigenvalue weighted by Gasteiger charge is -2.26. The molecular weight excluding hydrogens is 244 g/mol. The Balaban J connectivity index is 2.35. The third-order valence-electron chi connectivity index (χ3n) is 3.67. The van der Waals surface area contributed by atoms with Crippen molar-refractivity contribution in [2.24, 2.45) is 5.73 Å². The molecule has 0 fully saturated rings. The van der Waals surface area contributed by atoms with Gasteiger partial charge in [0, 0.05) is 24.0 Å². The minimum Gasteiger partial charge on any atom is -0.342 e. The number of nitrogens with zero attached hydrogens (tertiary/aromatic N) is 1. The summed E-state index contributed by atoms with van der Waals surface area (Å²) in [6.45, 7) is 5.27. The van der Waals surface area contributed by atoms with Crippen molar-refractivity contribution in [3.8, 4) is 0 Å². The van der Waals surface area contributed by atoms with Crippen molar-refractivity contribution in [3.63, 3.8) is 0 Å². The predicted molar refractivity (Wildman–Crippen MR) is 87.5 cm³/mol. The molecule has 2 rings (SSSR count). The van der Waals surface area contributed by atoms with Gasteiger partial charge in [-0.05, 0) is 43.5 Å². The average molecular weight is 268 g/mol. The summed E-state index contributed by atoms with van der Waals surface area (Å²) in [6, 6.07) is 19.3. The van der Waals surface area contributed by atoms with Crippen LogP contribution in [0.2, 0.25) is 0 Å². The summed E-state index contributed by atoms with van der Waals surface area (Å²) in [5, 5.41) is 0. The highest BCUT2D eigenvalue weighted by molar-refractivity contribution is 5.66. The highest BCUT2D eigenvalue weighted by atomic mass is 15.1. The monoisotopic (exact) mass is 268 g/mol. The van der Waals surface area contributed by atoms with Crippen LogP contribution in [-0.2, 0) is 6.42 Å². The second kappa shape index (κ2) is 7.11. The van der Waals surface area contributed by atoms with Gasteiger partial charge >= 0.3 is 0 Å². The summed E-state index contributed by atoms with van der Waals surface area (Å²) in [5.74, 6) is 0. The molecule has 0 aliphatic heterocycles. The van der Waals surface area contributed by atoms with E-state index in [9.17, 15) is 0 Å². The molecule has 2 aromatic rings. The first kappa shape index (κ1) is 14.6. The van der Waals surface area contributed by atoms with Crippen molar-refractivity contribution in [2.45, 2.75) is 32.7 Å². The van der Waals surface area contributed by atoms with Crippen molar-refractivity contribution in [1.82, 2.24) is 0 Å². The Morgan fingerprint density at radius 3 is 2.25 bits per heavy atom. The Hall–Kier alpha value is -1.80. The first-order valence-electron chi connectivity index (χ1n) is 7.42. The lowest BCUT2D eigenvalue weighted by molar-refractivity contribution is 0.646. The predicted octanol–water partition coefficient (Wildman–Crippen LogP) is 4.12. The Morgan fingerprint density at radius 1 is 0.950 bits per heavy atom. The van der Waals surface area contributed by atoms with Gasteiger partial charge in [0.25, 0.3) is 0 Å². The Bertz CT molecular complexity index is 522.